The molecule has 2 atom stereocenters. The van der Waals surface area contributed by atoms with Crippen molar-refractivity contribution >= 4 is 0 Å². The zero-order valence-electron chi connectivity index (χ0n) is 11.1. The molecule has 0 spiro atoms. The third kappa shape index (κ3) is 3.21. The SMILES string of the molecule is CCCCC(CC)CC([O])C1(CC)COC1. The first-order chi connectivity index (χ1) is 7.68. The number of rotatable bonds is 8. The van der Waals surface area contributed by atoms with Gasteiger partial charge in [0.05, 0.1) is 13.2 Å². The van der Waals surface area contributed by atoms with Gasteiger partial charge in [-0.05, 0) is 18.8 Å². The van der Waals surface area contributed by atoms with Crippen molar-refractivity contribution in [1.82, 2.24) is 0 Å². The Morgan fingerprint density at radius 2 is 1.94 bits per heavy atom. The molecule has 1 saturated heterocycles. The van der Waals surface area contributed by atoms with Gasteiger partial charge in [-0.3, -0.25) is 0 Å². The highest BCUT2D eigenvalue weighted by atomic mass is 16.5. The van der Waals surface area contributed by atoms with Crippen LogP contribution in [0.15, 0.2) is 0 Å². The highest BCUT2D eigenvalue weighted by Crippen LogP contribution is 2.38. The number of hydrogen-bond acceptors (Lipinski definition) is 1. The van der Waals surface area contributed by atoms with Gasteiger partial charge in [0.15, 0.2) is 0 Å². The first kappa shape index (κ1) is 14.0. The summed E-state index contributed by atoms with van der Waals surface area (Å²) in [5.74, 6) is 0.631. The van der Waals surface area contributed by atoms with Gasteiger partial charge in [0.2, 0.25) is 0 Å². The topological polar surface area (TPSA) is 29.1 Å². The van der Waals surface area contributed by atoms with Gasteiger partial charge in [-0.2, -0.15) is 0 Å². The van der Waals surface area contributed by atoms with E-state index in [1.165, 1.54) is 19.3 Å². The summed E-state index contributed by atoms with van der Waals surface area (Å²) in [6.07, 6.45) is 6.31. The number of unbranched alkanes of at least 4 members (excludes halogenated alkanes) is 1. The third-order valence-electron chi connectivity index (χ3n) is 4.26. The summed E-state index contributed by atoms with van der Waals surface area (Å²) in [6, 6.07) is 0. The molecule has 0 N–H and O–H groups in total. The van der Waals surface area contributed by atoms with Crippen LogP contribution >= 0.6 is 0 Å². The van der Waals surface area contributed by atoms with E-state index in [0.717, 1.165) is 19.3 Å². The molecular formula is C14H27O2. The summed E-state index contributed by atoms with van der Waals surface area (Å²) in [6.45, 7) is 7.95. The molecule has 16 heavy (non-hydrogen) atoms. The van der Waals surface area contributed by atoms with Crippen molar-refractivity contribution in [3.63, 3.8) is 0 Å². The second-order valence-corrected chi connectivity index (χ2v) is 5.35. The van der Waals surface area contributed by atoms with E-state index in [1.807, 2.05) is 0 Å². The monoisotopic (exact) mass is 227 g/mol. The Kier molecular flexibility index (Phi) is 5.77. The molecule has 0 saturated carbocycles. The Balaban J connectivity index is 2.38. The molecule has 0 amide bonds. The van der Waals surface area contributed by atoms with Crippen LogP contribution in [0.3, 0.4) is 0 Å². The first-order valence-corrected chi connectivity index (χ1v) is 6.92. The van der Waals surface area contributed by atoms with Crippen molar-refractivity contribution in [3.8, 4) is 0 Å². The van der Waals surface area contributed by atoms with E-state index in [2.05, 4.69) is 20.8 Å². The highest BCUT2D eigenvalue weighted by molar-refractivity contribution is 4.91. The van der Waals surface area contributed by atoms with Crippen LogP contribution in [0.1, 0.15) is 59.3 Å². The van der Waals surface area contributed by atoms with Gasteiger partial charge in [0, 0.05) is 5.41 Å². The minimum Gasteiger partial charge on any atom is -0.380 e. The minimum absolute atomic E-state index is 0.0281. The lowest BCUT2D eigenvalue weighted by Crippen LogP contribution is -2.51. The summed E-state index contributed by atoms with van der Waals surface area (Å²) in [4.78, 5) is 0. The summed E-state index contributed by atoms with van der Waals surface area (Å²) in [5.41, 5.74) is -0.0281. The normalized spacial score (nSPS) is 22.5. The molecule has 95 valence electrons. The van der Waals surface area contributed by atoms with Crippen LogP contribution in [0.25, 0.3) is 0 Å². The molecule has 2 unspecified atom stereocenters. The van der Waals surface area contributed by atoms with Crippen LogP contribution in [0.2, 0.25) is 0 Å². The van der Waals surface area contributed by atoms with E-state index in [0.29, 0.717) is 19.1 Å². The maximum absolute atomic E-state index is 12.3. The standard InChI is InChI=1S/C14H27O2/c1-4-7-8-12(5-2)9-13(15)14(6-3)10-16-11-14/h12-13H,4-11H2,1-3H3. The maximum Gasteiger partial charge on any atom is 0.103 e. The molecule has 1 heterocycles. The van der Waals surface area contributed by atoms with E-state index in [4.69, 9.17) is 4.74 Å². The molecule has 2 heteroatoms. The second kappa shape index (κ2) is 6.61. The van der Waals surface area contributed by atoms with Gasteiger partial charge < -0.3 is 4.74 Å². The lowest BCUT2D eigenvalue weighted by molar-refractivity contribution is -0.194. The van der Waals surface area contributed by atoms with Gasteiger partial charge in [0.25, 0.3) is 0 Å². The van der Waals surface area contributed by atoms with Crippen LogP contribution in [0.5, 0.6) is 0 Å². The van der Waals surface area contributed by atoms with E-state index in [-0.39, 0.29) is 5.41 Å². The van der Waals surface area contributed by atoms with Crippen LogP contribution in [-0.4, -0.2) is 19.3 Å². The van der Waals surface area contributed by atoms with Crippen molar-refractivity contribution in [1.29, 1.82) is 0 Å². The first-order valence-electron chi connectivity index (χ1n) is 6.92. The fraction of sp³-hybridized carbons (Fsp3) is 1.00. The van der Waals surface area contributed by atoms with Gasteiger partial charge in [-0.15, -0.1) is 0 Å². The van der Waals surface area contributed by atoms with Crippen molar-refractivity contribution in [2.45, 2.75) is 65.4 Å². The Morgan fingerprint density at radius 3 is 2.31 bits per heavy atom. The molecule has 0 bridgehead atoms. The molecule has 1 fully saturated rings. The van der Waals surface area contributed by atoms with E-state index in [1.54, 1.807) is 0 Å². The Hall–Kier alpha value is -0.0800. The van der Waals surface area contributed by atoms with E-state index < -0.39 is 6.10 Å². The van der Waals surface area contributed by atoms with Crippen molar-refractivity contribution in [2.75, 3.05) is 13.2 Å². The molecule has 1 rings (SSSR count). The van der Waals surface area contributed by atoms with Crippen molar-refractivity contribution < 1.29 is 9.84 Å². The molecule has 1 radical (unpaired) electrons. The van der Waals surface area contributed by atoms with Crippen LogP contribution in [0, 0.1) is 11.3 Å². The summed E-state index contributed by atoms with van der Waals surface area (Å²) in [5, 5.41) is 12.3. The van der Waals surface area contributed by atoms with Crippen LogP contribution < -0.4 is 0 Å². The molecular weight excluding hydrogens is 200 g/mol. The smallest absolute Gasteiger partial charge is 0.103 e. The largest absolute Gasteiger partial charge is 0.380 e. The minimum atomic E-state index is -0.409. The lowest BCUT2D eigenvalue weighted by atomic mass is 9.74. The fourth-order valence-corrected chi connectivity index (χ4v) is 2.52. The van der Waals surface area contributed by atoms with Gasteiger partial charge in [-0.25, -0.2) is 5.11 Å². The van der Waals surface area contributed by atoms with Gasteiger partial charge in [0.1, 0.15) is 6.10 Å². The zero-order chi connectivity index (χ0) is 12.0. The highest BCUT2D eigenvalue weighted by Gasteiger charge is 2.44. The second-order valence-electron chi connectivity index (χ2n) is 5.35. The molecule has 0 aromatic carbocycles. The Morgan fingerprint density at radius 1 is 1.25 bits per heavy atom. The van der Waals surface area contributed by atoms with Crippen LogP contribution in [-0.2, 0) is 9.84 Å². The molecule has 0 aliphatic carbocycles. The zero-order valence-corrected chi connectivity index (χ0v) is 11.1. The summed E-state index contributed by atoms with van der Waals surface area (Å²) >= 11 is 0. The maximum atomic E-state index is 12.3. The number of hydrogen-bond donors (Lipinski definition) is 0. The van der Waals surface area contributed by atoms with Crippen molar-refractivity contribution in [2.24, 2.45) is 11.3 Å². The molecule has 0 aromatic rings. The Labute approximate surface area is 100 Å². The third-order valence-corrected chi connectivity index (χ3v) is 4.26. The predicted molar refractivity (Wildman–Crippen MR) is 65.9 cm³/mol. The number of ether oxygens (including phenoxy) is 1. The van der Waals surface area contributed by atoms with Crippen LogP contribution in [0.4, 0.5) is 0 Å². The van der Waals surface area contributed by atoms with E-state index in [9.17, 15) is 5.11 Å². The quantitative estimate of drug-likeness (QED) is 0.620. The molecule has 0 aromatic heterocycles. The Bertz CT molecular complexity index is 182. The summed E-state index contributed by atoms with van der Waals surface area (Å²) in [7, 11) is 0. The predicted octanol–water partition coefficient (Wildman–Crippen LogP) is 3.82. The molecule has 1 aliphatic heterocycles. The molecule has 2 nitrogen and oxygen atoms in total. The van der Waals surface area contributed by atoms with Crippen molar-refractivity contribution in [3.05, 3.63) is 0 Å². The average molecular weight is 227 g/mol. The average Bonchev–Trinajstić information content (AvgIpc) is 2.23. The van der Waals surface area contributed by atoms with Gasteiger partial charge in [-0.1, -0.05) is 46.5 Å². The molecule has 1 aliphatic rings. The summed E-state index contributed by atoms with van der Waals surface area (Å²) < 4.78 is 5.25. The van der Waals surface area contributed by atoms with Gasteiger partial charge >= 0.3 is 0 Å². The lowest BCUT2D eigenvalue weighted by Gasteiger charge is -2.44. The fourth-order valence-electron chi connectivity index (χ4n) is 2.52. The van der Waals surface area contributed by atoms with E-state index >= 15 is 0 Å².